The summed E-state index contributed by atoms with van der Waals surface area (Å²) in [4.78, 5) is 33.7. The first kappa shape index (κ1) is 20.4. The number of nitrogens with one attached hydrogen (secondary N) is 3. The second-order valence-electron chi connectivity index (χ2n) is 6.80. The number of para-hydroxylation sites is 1. The van der Waals surface area contributed by atoms with Crippen LogP contribution < -0.4 is 16.0 Å². The van der Waals surface area contributed by atoms with Crippen LogP contribution in [0.25, 0.3) is 5.65 Å². The van der Waals surface area contributed by atoms with Crippen molar-refractivity contribution in [2.24, 2.45) is 0 Å². The van der Waals surface area contributed by atoms with Crippen molar-refractivity contribution in [3.05, 3.63) is 82.9 Å². The minimum atomic E-state index is -0.455. The maximum atomic E-state index is 12.9. The molecule has 0 fully saturated rings. The highest BCUT2D eigenvalue weighted by Gasteiger charge is 2.17. The van der Waals surface area contributed by atoms with E-state index in [0.29, 0.717) is 27.9 Å². The fourth-order valence-corrected chi connectivity index (χ4v) is 3.25. The van der Waals surface area contributed by atoms with Crippen LogP contribution in [-0.2, 0) is 0 Å². The van der Waals surface area contributed by atoms with Crippen LogP contribution in [0.5, 0.6) is 0 Å². The summed E-state index contributed by atoms with van der Waals surface area (Å²) in [6, 6.07) is 14.5. The molecule has 0 saturated heterocycles. The van der Waals surface area contributed by atoms with Gasteiger partial charge < -0.3 is 16.0 Å². The number of anilines is 3. The molecule has 0 atom stereocenters. The van der Waals surface area contributed by atoms with E-state index in [0.717, 1.165) is 11.3 Å². The summed E-state index contributed by atoms with van der Waals surface area (Å²) in [5.74, 6) is -0.370. The number of hydrogen-bond donors (Lipinski definition) is 3. The first-order valence-electron chi connectivity index (χ1n) is 9.46. The number of nitrogens with zero attached hydrogens (tertiary/aromatic N) is 3. The van der Waals surface area contributed by atoms with Crippen molar-refractivity contribution in [1.29, 1.82) is 0 Å². The van der Waals surface area contributed by atoms with Gasteiger partial charge in [-0.1, -0.05) is 35.9 Å². The molecule has 31 heavy (non-hydrogen) atoms. The van der Waals surface area contributed by atoms with Crippen LogP contribution in [-0.4, -0.2) is 33.2 Å². The largest absolute Gasteiger partial charge is 0.355 e. The number of benzene rings is 1. The number of pyridine rings is 2. The van der Waals surface area contributed by atoms with Crippen molar-refractivity contribution >= 4 is 46.3 Å². The summed E-state index contributed by atoms with van der Waals surface area (Å²) >= 11 is 6.16. The molecular formula is C22H19ClN6O2. The van der Waals surface area contributed by atoms with Crippen LogP contribution in [0.1, 0.15) is 26.4 Å². The standard InChI is InChI=1S/C22H19ClN6O2/c1-13-6-3-4-7-15(13)27-20-16(10-14(11-25-20)21(30)24-2)28-22(31)17-12-29-18(23)8-5-9-19(29)26-17/h3-12H,1-2H3,(H,24,30)(H,25,27)(H,28,31). The number of carbonyl (C=O) groups is 2. The molecule has 3 heterocycles. The quantitative estimate of drug-likeness (QED) is 0.411. The number of halogens is 1. The van der Waals surface area contributed by atoms with E-state index in [9.17, 15) is 9.59 Å². The molecule has 156 valence electrons. The van der Waals surface area contributed by atoms with Gasteiger partial charge in [-0.25, -0.2) is 9.97 Å². The molecule has 8 nitrogen and oxygen atoms in total. The number of hydrogen-bond acceptors (Lipinski definition) is 5. The van der Waals surface area contributed by atoms with Crippen molar-refractivity contribution < 1.29 is 9.59 Å². The molecule has 1 aromatic carbocycles. The lowest BCUT2D eigenvalue weighted by Gasteiger charge is -2.14. The molecule has 0 aliphatic carbocycles. The van der Waals surface area contributed by atoms with E-state index in [-0.39, 0.29) is 11.6 Å². The molecule has 2 amide bonds. The zero-order valence-corrected chi connectivity index (χ0v) is 17.6. The molecule has 3 aromatic heterocycles. The summed E-state index contributed by atoms with van der Waals surface area (Å²) in [5, 5.41) is 9.01. The van der Waals surface area contributed by atoms with E-state index >= 15 is 0 Å². The molecular weight excluding hydrogens is 416 g/mol. The Kier molecular flexibility index (Phi) is 5.55. The number of fused-ring (bicyclic) bond motifs is 1. The van der Waals surface area contributed by atoms with Gasteiger partial charge in [0.25, 0.3) is 11.8 Å². The predicted molar refractivity (Wildman–Crippen MR) is 120 cm³/mol. The predicted octanol–water partition coefficient (Wildman–Crippen LogP) is 4.05. The number of aryl methyl sites for hydroxylation is 1. The molecule has 9 heteroatoms. The highest BCUT2D eigenvalue weighted by molar-refractivity contribution is 6.29. The Morgan fingerprint density at radius 1 is 1.03 bits per heavy atom. The van der Waals surface area contributed by atoms with Gasteiger partial charge in [-0.3, -0.25) is 14.0 Å². The highest BCUT2D eigenvalue weighted by atomic mass is 35.5. The molecule has 0 spiro atoms. The van der Waals surface area contributed by atoms with Crippen LogP contribution in [0, 0.1) is 6.92 Å². The SMILES string of the molecule is CNC(=O)c1cnc(Nc2ccccc2C)c(NC(=O)c2cn3c(Cl)cccc3n2)c1. The van der Waals surface area contributed by atoms with E-state index in [1.807, 2.05) is 31.2 Å². The zero-order valence-electron chi connectivity index (χ0n) is 16.8. The van der Waals surface area contributed by atoms with Crippen molar-refractivity contribution in [2.45, 2.75) is 6.92 Å². The van der Waals surface area contributed by atoms with Crippen molar-refractivity contribution in [3.63, 3.8) is 0 Å². The van der Waals surface area contributed by atoms with Gasteiger partial charge in [-0.2, -0.15) is 0 Å². The van der Waals surface area contributed by atoms with E-state index in [1.54, 1.807) is 34.9 Å². The monoisotopic (exact) mass is 434 g/mol. The van der Waals surface area contributed by atoms with Gasteiger partial charge >= 0.3 is 0 Å². The second kappa shape index (κ2) is 8.45. The van der Waals surface area contributed by atoms with E-state index in [4.69, 9.17) is 11.6 Å². The minimum Gasteiger partial charge on any atom is -0.355 e. The van der Waals surface area contributed by atoms with E-state index in [2.05, 4.69) is 25.9 Å². The Bertz CT molecular complexity index is 1300. The average Bonchev–Trinajstić information content (AvgIpc) is 3.22. The summed E-state index contributed by atoms with van der Waals surface area (Å²) in [6.07, 6.45) is 3.00. The topological polar surface area (TPSA) is 100 Å². The van der Waals surface area contributed by atoms with Crippen LogP contribution in [0.2, 0.25) is 5.15 Å². The lowest BCUT2D eigenvalue weighted by Crippen LogP contribution is -2.20. The van der Waals surface area contributed by atoms with E-state index < -0.39 is 5.91 Å². The van der Waals surface area contributed by atoms with Gasteiger partial charge in [0, 0.05) is 25.1 Å². The van der Waals surface area contributed by atoms with Crippen LogP contribution in [0.4, 0.5) is 17.2 Å². The molecule has 0 saturated carbocycles. The summed E-state index contributed by atoms with van der Waals surface area (Å²) in [6.45, 7) is 1.96. The Morgan fingerprint density at radius 3 is 2.58 bits per heavy atom. The number of carbonyl (C=O) groups excluding carboxylic acids is 2. The molecule has 0 unspecified atom stereocenters. The summed E-state index contributed by atoms with van der Waals surface area (Å²) < 4.78 is 1.61. The highest BCUT2D eigenvalue weighted by Crippen LogP contribution is 2.27. The molecule has 4 rings (SSSR count). The van der Waals surface area contributed by atoms with Crippen LogP contribution >= 0.6 is 11.6 Å². The number of aromatic nitrogens is 3. The molecule has 4 aromatic rings. The van der Waals surface area contributed by atoms with E-state index in [1.165, 1.54) is 13.2 Å². The number of amides is 2. The third kappa shape index (κ3) is 4.19. The molecule has 0 aliphatic heterocycles. The first-order chi connectivity index (χ1) is 15.0. The average molecular weight is 435 g/mol. The maximum absolute atomic E-state index is 12.9. The first-order valence-corrected chi connectivity index (χ1v) is 9.84. The fourth-order valence-electron chi connectivity index (χ4n) is 3.04. The summed E-state index contributed by atoms with van der Waals surface area (Å²) in [7, 11) is 1.53. The lowest BCUT2D eigenvalue weighted by molar-refractivity contribution is 0.0961. The maximum Gasteiger partial charge on any atom is 0.275 e. The Balaban J connectivity index is 1.70. The third-order valence-corrected chi connectivity index (χ3v) is 5.01. The smallest absolute Gasteiger partial charge is 0.275 e. The lowest BCUT2D eigenvalue weighted by atomic mass is 10.2. The number of rotatable bonds is 5. The second-order valence-corrected chi connectivity index (χ2v) is 7.18. The van der Waals surface area contributed by atoms with Gasteiger partial charge in [-0.15, -0.1) is 0 Å². The van der Waals surface area contributed by atoms with Crippen LogP contribution in [0.3, 0.4) is 0 Å². The molecule has 0 bridgehead atoms. The van der Waals surface area contributed by atoms with Gasteiger partial charge in [0.2, 0.25) is 0 Å². The molecule has 0 radical (unpaired) electrons. The van der Waals surface area contributed by atoms with Crippen molar-refractivity contribution in [1.82, 2.24) is 19.7 Å². The fraction of sp³-hybridized carbons (Fsp3) is 0.0909. The normalized spacial score (nSPS) is 10.7. The molecule has 3 N–H and O–H groups in total. The zero-order chi connectivity index (χ0) is 22.0. The minimum absolute atomic E-state index is 0.181. The summed E-state index contributed by atoms with van der Waals surface area (Å²) in [5.41, 5.74) is 3.22. The Hall–Kier alpha value is -3.91. The Morgan fingerprint density at radius 2 is 1.84 bits per heavy atom. The van der Waals surface area contributed by atoms with Gasteiger partial charge in [-0.05, 0) is 36.8 Å². The van der Waals surface area contributed by atoms with Crippen LogP contribution in [0.15, 0.2) is 60.9 Å². The number of imidazole rings is 1. The Labute approximate surface area is 183 Å². The van der Waals surface area contributed by atoms with Crippen molar-refractivity contribution in [3.8, 4) is 0 Å². The third-order valence-electron chi connectivity index (χ3n) is 4.70. The van der Waals surface area contributed by atoms with Gasteiger partial charge in [0.15, 0.2) is 5.82 Å². The van der Waals surface area contributed by atoms with Crippen molar-refractivity contribution in [2.75, 3.05) is 17.7 Å². The molecule has 0 aliphatic rings. The van der Waals surface area contributed by atoms with Gasteiger partial charge in [0.1, 0.15) is 16.5 Å². The van der Waals surface area contributed by atoms with Gasteiger partial charge in [0.05, 0.1) is 11.3 Å².